The molecule has 5 nitrogen and oxygen atoms in total. The molecule has 0 saturated carbocycles. The Morgan fingerprint density at radius 1 is 1.19 bits per heavy atom. The van der Waals surface area contributed by atoms with E-state index >= 15 is 0 Å². The SMILES string of the molecule is CNC(=O)CNC(=O)C[NH+]1CC=C(c2ccccc2)CC1. The van der Waals surface area contributed by atoms with E-state index in [-0.39, 0.29) is 18.4 Å². The first kappa shape index (κ1) is 15.3. The number of carbonyl (C=O) groups is 2. The molecule has 1 aliphatic heterocycles. The van der Waals surface area contributed by atoms with Crippen LogP contribution < -0.4 is 15.5 Å². The van der Waals surface area contributed by atoms with Gasteiger partial charge in [-0.2, -0.15) is 0 Å². The molecule has 1 aliphatic rings. The van der Waals surface area contributed by atoms with Gasteiger partial charge in [-0.15, -0.1) is 0 Å². The summed E-state index contributed by atoms with van der Waals surface area (Å²) in [5.41, 5.74) is 2.62. The Morgan fingerprint density at radius 3 is 2.57 bits per heavy atom. The van der Waals surface area contributed by atoms with Gasteiger partial charge in [0, 0.05) is 13.5 Å². The van der Waals surface area contributed by atoms with Crippen LogP contribution in [0.4, 0.5) is 0 Å². The van der Waals surface area contributed by atoms with E-state index in [4.69, 9.17) is 0 Å². The van der Waals surface area contributed by atoms with Crippen LogP contribution in [0.25, 0.3) is 5.57 Å². The average Bonchev–Trinajstić information content (AvgIpc) is 2.54. The molecule has 1 heterocycles. The van der Waals surface area contributed by atoms with Crippen LogP contribution in [0.2, 0.25) is 0 Å². The summed E-state index contributed by atoms with van der Waals surface area (Å²) in [5, 5.41) is 5.11. The molecule has 2 rings (SSSR count). The minimum absolute atomic E-state index is 0.0493. The Bertz CT molecular complexity index is 526. The first-order valence-corrected chi connectivity index (χ1v) is 7.24. The highest BCUT2D eigenvalue weighted by Crippen LogP contribution is 2.17. The second-order valence-electron chi connectivity index (χ2n) is 5.18. The average molecular weight is 288 g/mol. The molecule has 0 bridgehead atoms. The Morgan fingerprint density at radius 2 is 1.95 bits per heavy atom. The standard InChI is InChI=1S/C16H21N3O2/c1-17-15(20)11-18-16(21)12-19-9-7-14(8-10-19)13-5-3-2-4-6-13/h2-7H,8-12H2,1H3,(H,17,20)(H,18,21)/p+1. The normalized spacial score (nSPS) is 17.8. The van der Waals surface area contributed by atoms with Gasteiger partial charge in [-0.1, -0.05) is 30.3 Å². The molecule has 21 heavy (non-hydrogen) atoms. The maximum atomic E-state index is 11.8. The molecule has 3 N–H and O–H groups in total. The molecule has 5 heteroatoms. The van der Waals surface area contributed by atoms with Crippen molar-refractivity contribution in [3.8, 4) is 0 Å². The van der Waals surface area contributed by atoms with Gasteiger partial charge in [-0.3, -0.25) is 9.59 Å². The predicted octanol–water partition coefficient (Wildman–Crippen LogP) is -0.779. The smallest absolute Gasteiger partial charge is 0.275 e. The Labute approximate surface area is 125 Å². The minimum Gasteiger partial charge on any atom is -0.358 e. The summed E-state index contributed by atoms with van der Waals surface area (Å²) in [7, 11) is 1.56. The third-order valence-corrected chi connectivity index (χ3v) is 3.67. The quantitative estimate of drug-likeness (QED) is 0.666. The van der Waals surface area contributed by atoms with Crippen LogP contribution in [-0.2, 0) is 9.59 Å². The Hall–Kier alpha value is -2.14. The summed E-state index contributed by atoms with van der Waals surface area (Å²) in [5.74, 6) is -0.256. The molecule has 0 fully saturated rings. The van der Waals surface area contributed by atoms with Crippen molar-refractivity contribution in [2.24, 2.45) is 0 Å². The lowest BCUT2D eigenvalue weighted by Gasteiger charge is -2.23. The van der Waals surface area contributed by atoms with E-state index in [2.05, 4.69) is 28.8 Å². The number of amides is 2. The second-order valence-corrected chi connectivity index (χ2v) is 5.18. The van der Waals surface area contributed by atoms with Gasteiger partial charge in [0.2, 0.25) is 5.91 Å². The minimum atomic E-state index is -0.178. The number of hydrogen-bond donors (Lipinski definition) is 3. The van der Waals surface area contributed by atoms with Gasteiger partial charge in [-0.05, 0) is 17.2 Å². The van der Waals surface area contributed by atoms with Crippen LogP contribution in [0.15, 0.2) is 36.4 Å². The van der Waals surface area contributed by atoms with Gasteiger partial charge in [0.15, 0.2) is 6.54 Å². The van der Waals surface area contributed by atoms with Gasteiger partial charge in [0.25, 0.3) is 5.91 Å². The highest BCUT2D eigenvalue weighted by molar-refractivity contribution is 5.84. The fraction of sp³-hybridized carbons (Fsp3) is 0.375. The van der Waals surface area contributed by atoms with Crippen molar-refractivity contribution in [2.45, 2.75) is 6.42 Å². The predicted molar refractivity (Wildman–Crippen MR) is 81.7 cm³/mol. The number of likely N-dealkylation sites (N-methyl/N-ethyl adjacent to an activating group) is 1. The molecule has 2 amide bonds. The van der Waals surface area contributed by atoms with E-state index < -0.39 is 0 Å². The maximum absolute atomic E-state index is 11.8. The topological polar surface area (TPSA) is 62.6 Å². The number of quaternary nitrogens is 1. The largest absolute Gasteiger partial charge is 0.358 e. The zero-order valence-corrected chi connectivity index (χ0v) is 12.3. The van der Waals surface area contributed by atoms with Crippen LogP contribution in [0, 0.1) is 0 Å². The van der Waals surface area contributed by atoms with Crippen LogP contribution in [0.1, 0.15) is 12.0 Å². The number of benzene rings is 1. The molecule has 0 spiro atoms. The molecule has 1 aromatic carbocycles. The van der Waals surface area contributed by atoms with E-state index in [0.717, 1.165) is 19.5 Å². The molecule has 1 aromatic rings. The van der Waals surface area contributed by atoms with Crippen LogP contribution in [-0.4, -0.2) is 45.0 Å². The Balaban J connectivity index is 1.80. The number of carbonyl (C=O) groups excluding carboxylic acids is 2. The monoisotopic (exact) mass is 288 g/mol. The van der Waals surface area contributed by atoms with Crippen molar-refractivity contribution in [2.75, 3.05) is 33.2 Å². The van der Waals surface area contributed by atoms with Crippen LogP contribution in [0.3, 0.4) is 0 Å². The van der Waals surface area contributed by atoms with E-state index in [1.54, 1.807) is 7.05 Å². The summed E-state index contributed by atoms with van der Waals surface area (Å²) in [4.78, 5) is 24.0. The summed E-state index contributed by atoms with van der Waals surface area (Å²) < 4.78 is 0. The zero-order valence-electron chi connectivity index (χ0n) is 12.3. The van der Waals surface area contributed by atoms with Gasteiger partial charge in [-0.25, -0.2) is 0 Å². The fourth-order valence-electron chi connectivity index (χ4n) is 2.41. The molecule has 0 aromatic heterocycles. The summed E-state index contributed by atoms with van der Waals surface area (Å²) in [6.07, 6.45) is 3.18. The van der Waals surface area contributed by atoms with Gasteiger partial charge in [0.1, 0.15) is 0 Å². The van der Waals surface area contributed by atoms with Crippen molar-refractivity contribution < 1.29 is 14.5 Å². The molecular formula is C16H22N3O2+. The lowest BCUT2D eigenvalue weighted by Crippen LogP contribution is -3.13. The van der Waals surface area contributed by atoms with E-state index in [1.807, 2.05) is 18.2 Å². The van der Waals surface area contributed by atoms with Crippen LogP contribution in [0.5, 0.6) is 0 Å². The van der Waals surface area contributed by atoms with Crippen molar-refractivity contribution in [3.05, 3.63) is 42.0 Å². The molecule has 112 valence electrons. The number of hydrogen-bond acceptors (Lipinski definition) is 2. The molecule has 0 radical (unpaired) electrons. The summed E-state index contributed by atoms with van der Waals surface area (Å²) >= 11 is 0. The summed E-state index contributed by atoms with van der Waals surface area (Å²) in [6, 6.07) is 10.3. The third kappa shape index (κ3) is 4.72. The van der Waals surface area contributed by atoms with Crippen molar-refractivity contribution in [3.63, 3.8) is 0 Å². The van der Waals surface area contributed by atoms with Gasteiger partial charge < -0.3 is 15.5 Å². The third-order valence-electron chi connectivity index (χ3n) is 3.67. The van der Waals surface area contributed by atoms with E-state index in [1.165, 1.54) is 16.0 Å². The highest BCUT2D eigenvalue weighted by atomic mass is 16.2. The first-order chi connectivity index (χ1) is 10.2. The summed E-state index contributed by atoms with van der Waals surface area (Å²) in [6.45, 7) is 2.25. The first-order valence-electron chi connectivity index (χ1n) is 7.24. The van der Waals surface area contributed by atoms with Gasteiger partial charge >= 0.3 is 0 Å². The van der Waals surface area contributed by atoms with E-state index in [0.29, 0.717) is 6.54 Å². The van der Waals surface area contributed by atoms with Crippen molar-refractivity contribution in [1.82, 2.24) is 10.6 Å². The maximum Gasteiger partial charge on any atom is 0.275 e. The van der Waals surface area contributed by atoms with Gasteiger partial charge in [0.05, 0.1) is 19.6 Å². The molecule has 0 aliphatic carbocycles. The zero-order chi connectivity index (χ0) is 15.1. The molecule has 0 saturated heterocycles. The second kappa shape index (κ2) is 7.59. The van der Waals surface area contributed by atoms with Crippen LogP contribution >= 0.6 is 0 Å². The lowest BCUT2D eigenvalue weighted by atomic mass is 10.00. The lowest BCUT2D eigenvalue weighted by molar-refractivity contribution is -0.886. The van der Waals surface area contributed by atoms with Crippen molar-refractivity contribution in [1.29, 1.82) is 0 Å². The molecule has 1 atom stereocenters. The van der Waals surface area contributed by atoms with E-state index in [9.17, 15) is 9.59 Å². The Kier molecular flexibility index (Phi) is 5.51. The fourth-order valence-corrected chi connectivity index (χ4v) is 2.41. The highest BCUT2D eigenvalue weighted by Gasteiger charge is 2.18. The number of nitrogens with one attached hydrogen (secondary N) is 3. The molecular weight excluding hydrogens is 266 g/mol. The number of rotatable bonds is 5. The van der Waals surface area contributed by atoms with Crippen molar-refractivity contribution >= 4 is 17.4 Å². The molecule has 1 unspecified atom stereocenters.